The lowest BCUT2D eigenvalue weighted by molar-refractivity contribution is 0.475. The monoisotopic (exact) mass is 317 g/mol. The molecule has 0 aliphatic heterocycles. The van der Waals surface area contributed by atoms with Gasteiger partial charge in [0.2, 0.25) is 0 Å². The maximum Gasteiger partial charge on any atom is 0.140 e. The molecule has 0 unspecified atom stereocenters. The average Bonchev–Trinajstić information content (AvgIpc) is 3.21. The van der Waals surface area contributed by atoms with Gasteiger partial charge in [-0.3, -0.25) is 4.57 Å². The summed E-state index contributed by atoms with van der Waals surface area (Å²) in [7, 11) is 0. The van der Waals surface area contributed by atoms with E-state index in [1.807, 2.05) is 29.1 Å². The molecule has 1 N–H and O–H groups in total. The number of phenols is 1. The first-order chi connectivity index (χ1) is 11.7. The van der Waals surface area contributed by atoms with Gasteiger partial charge in [0, 0.05) is 18.1 Å². The van der Waals surface area contributed by atoms with Crippen molar-refractivity contribution in [2.24, 2.45) is 0 Å². The highest BCUT2D eigenvalue weighted by atomic mass is 19.1. The quantitative estimate of drug-likeness (QED) is 0.604. The van der Waals surface area contributed by atoms with Gasteiger partial charge in [-0.25, -0.2) is 4.39 Å². The molecule has 0 saturated heterocycles. The summed E-state index contributed by atoms with van der Waals surface area (Å²) in [5.74, 6) is 0.271. The number of phenolic OH excluding ortho intramolecular Hbond substituents is 1. The highest BCUT2D eigenvalue weighted by Gasteiger charge is 2.21. The predicted molar refractivity (Wildman–Crippen MR) is 88.9 cm³/mol. The van der Waals surface area contributed by atoms with Gasteiger partial charge in [-0.15, -0.1) is 0 Å². The third-order valence-corrected chi connectivity index (χ3v) is 3.99. The molecule has 2 aromatic heterocycles. The summed E-state index contributed by atoms with van der Waals surface area (Å²) in [5, 5.41) is 19.5. The minimum atomic E-state index is -0.435. The highest BCUT2D eigenvalue weighted by molar-refractivity contribution is 5.92. The Morgan fingerprint density at radius 1 is 0.958 bits per heavy atom. The van der Waals surface area contributed by atoms with E-state index in [1.54, 1.807) is 41.0 Å². The van der Waals surface area contributed by atoms with Gasteiger partial charge in [-0.05, 0) is 48.5 Å². The normalized spacial score (nSPS) is 10.8. The molecule has 0 fully saturated rings. The van der Waals surface area contributed by atoms with Crippen molar-refractivity contribution in [3.63, 3.8) is 0 Å². The summed E-state index contributed by atoms with van der Waals surface area (Å²) in [4.78, 5) is 0. The second-order valence-electron chi connectivity index (χ2n) is 5.39. The summed E-state index contributed by atoms with van der Waals surface area (Å²) >= 11 is 0. The van der Waals surface area contributed by atoms with Gasteiger partial charge in [0.25, 0.3) is 0 Å². The Morgan fingerprint density at radius 2 is 1.67 bits per heavy atom. The largest absolute Gasteiger partial charge is 0.508 e. The Kier molecular flexibility index (Phi) is 3.10. The van der Waals surface area contributed by atoms with Gasteiger partial charge in [-0.1, -0.05) is 6.07 Å². The number of fused-ring (bicyclic) bond motifs is 1. The lowest BCUT2D eigenvalue weighted by atomic mass is 10.1. The van der Waals surface area contributed by atoms with E-state index in [0.29, 0.717) is 11.3 Å². The van der Waals surface area contributed by atoms with Gasteiger partial charge in [0.1, 0.15) is 29.0 Å². The lowest BCUT2D eigenvalue weighted by Crippen LogP contribution is -2.03. The number of nitrogens with zero attached hydrogens (tertiary/aromatic N) is 3. The SMILES string of the molecule is N#Cc1c(-n2cccc2)n(-c2ccc(O)cc2)c2cccc(F)c12. The van der Waals surface area contributed by atoms with Crippen LogP contribution in [0.15, 0.2) is 67.0 Å². The maximum absolute atomic E-state index is 14.4. The molecule has 0 radical (unpaired) electrons. The Hall–Kier alpha value is -3.52. The number of benzene rings is 2. The Morgan fingerprint density at radius 3 is 2.33 bits per heavy atom. The molecule has 2 heterocycles. The summed E-state index contributed by atoms with van der Waals surface area (Å²) < 4.78 is 18.0. The van der Waals surface area contributed by atoms with Crippen LogP contribution in [0.25, 0.3) is 22.4 Å². The third kappa shape index (κ3) is 1.97. The van der Waals surface area contributed by atoms with Crippen LogP contribution in [0.2, 0.25) is 0 Å². The van der Waals surface area contributed by atoms with Crippen molar-refractivity contribution in [2.45, 2.75) is 0 Å². The van der Waals surface area contributed by atoms with Crippen LogP contribution in [0, 0.1) is 17.1 Å². The Labute approximate surface area is 137 Å². The topological polar surface area (TPSA) is 53.9 Å². The lowest BCUT2D eigenvalue weighted by Gasteiger charge is -2.12. The maximum atomic E-state index is 14.4. The number of rotatable bonds is 2. The summed E-state index contributed by atoms with van der Waals surface area (Å²) in [6.07, 6.45) is 3.62. The fourth-order valence-electron chi connectivity index (χ4n) is 2.97. The van der Waals surface area contributed by atoms with Gasteiger partial charge in [0.15, 0.2) is 0 Å². The molecule has 116 valence electrons. The van der Waals surface area contributed by atoms with Gasteiger partial charge in [-0.2, -0.15) is 5.26 Å². The number of hydrogen-bond acceptors (Lipinski definition) is 2. The zero-order valence-corrected chi connectivity index (χ0v) is 12.5. The molecular formula is C19H12FN3O. The van der Waals surface area contributed by atoms with Crippen LogP contribution in [-0.4, -0.2) is 14.2 Å². The second kappa shape index (κ2) is 5.28. The van der Waals surface area contributed by atoms with Crippen molar-refractivity contribution in [2.75, 3.05) is 0 Å². The minimum Gasteiger partial charge on any atom is -0.508 e. The molecule has 4 nitrogen and oxygen atoms in total. The molecule has 2 aromatic carbocycles. The standard InChI is InChI=1S/C19H12FN3O/c20-16-4-3-5-17-18(16)15(12-21)19(22-10-1-2-11-22)23(17)13-6-8-14(24)9-7-13/h1-11,24H. The zero-order valence-electron chi connectivity index (χ0n) is 12.5. The van der Waals surface area contributed by atoms with Crippen LogP contribution >= 0.6 is 0 Å². The number of aromatic hydroxyl groups is 1. The third-order valence-electron chi connectivity index (χ3n) is 3.99. The molecule has 4 aromatic rings. The van der Waals surface area contributed by atoms with Crippen LogP contribution in [0.5, 0.6) is 5.75 Å². The van der Waals surface area contributed by atoms with E-state index >= 15 is 0 Å². The molecule has 4 rings (SSSR count). The number of halogens is 1. The first-order valence-corrected chi connectivity index (χ1v) is 7.36. The zero-order chi connectivity index (χ0) is 16.7. The smallest absolute Gasteiger partial charge is 0.140 e. The van der Waals surface area contributed by atoms with Crippen LogP contribution in [0.3, 0.4) is 0 Å². The number of aromatic nitrogens is 2. The molecule has 0 amide bonds. The Bertz CT molecular complexity index is 1070. The van der Waals surface area contributed by atoms with E-state index < -0.39 is 5.82 Å². The van der Waals surface area contributed by atoms with Crippen molar-refractivity contribution < 1.29 is 9.50 Å². The molecule has 0 aliphatic carbocycles. The molecule has 0 saturated carbocycles. The molecule has 0 spiro atoms. The summed E-state index contributed by atoms with van der Waals surface area (Å²) in [6.45, 7) is 0. The summed E-state index contributed by atoms with van der Waals surface area (Å²) in [5.41, 5.74) is 1.60. The van der Waals surface area contributed by atoms with Gasteiger partial charge < -0.3 is 9.67 Å². The van der Waals surface area contributed by atoms with E-state index in [9.17, 15) is 14.8 Å². The molecule has 0 aliphatic rings. The molecule has 24 heavy (non-hydrogen) atoms. The van der Waals surface area contributed by atoms with Gasteiger partial charge >= 0.3 is 0 Å². The fraction of sp³-hybridized carbons (Fsp3) is 0. The molecule has 5 heteroatoms. The van der Waals surface area contributed by atoms with Crippen LogP contribution < -0.4 is 0 Å². The van der Waals surface area contributed by atoms with Crippen LogP contribution in [0.1, 0.15) is 5.56 Å². The van der Waals surface area contributed by atoms with Crippen molar-refractivity contribution in [1.29, 1.82) is 5.26 Å². The van der Waals surface area contributed by atoms with E-state index in [-0.39, 0.29) is 16.7 Å². The molecular weight excluding hydrogens is 305 g/mol. The van der Waals surface area contributed by atoms with Crippen molar-refractivity contribution in [3.8, 4) is 23.3 Å². The average molecular weight is 317 g/mol. The van der Waals surface area contributed by atoms with Crippen molar-refractivity contribution in [3.05, 3.63) is 78.4 Å². The number of hydrogen-bond donors (Lipinski definition) is 1. The number of nitriles is 1. The van der Waals surface area contributed by atoms with E-state index in [0.717, 1.165) is 5.69 Å². The predicted octanol–water partition coefficient (Wildman–Crippen LogP) is 4.14. The van der Waals surface area contributed by atoms with Gasteiger partial charge in [0.05, 0.1) is 10.9 Å². The summed E-state index contributed by atoms with van der Waals surface area (Å²) in [6, 6.07) is 17.2. The van der Waals surface area contributed by atoms with E-state index in [2.05, 4.69) is 6.07 Å². The van der Waals surface area contributed by atoms with E-state index in [1.165, 1.54) is 6.07 Å². The van der Waals surface area contributed by atoms with E-state index in [4.69, 9.17) is 0 Å². The van der Waals surface area contributed by atoms with Crippen LogP contribution in [-0.2, 0) is 0 Å². The minimum absolute atomic E-state index is 0.143. The molecule has 0 atom stereocenters. The fourth-order valence-corrected chi connectivity index (χ4v) is 2.97. The van der Waals surface area contributed by atoms with Crippen LogP contribution in [0.4, 0.5) is 4.39 Å². The van der Waals surface area contributed by atoms with Crippen molar-refractivity contribution in [1.82, 2.24) is 9.13 Å². The molecule has 0 bridgehead atoms. The first kappa shape index (κ1) is 14.1. The second-order valence-corrected chi connectivity index (χ2v) is 5.39. The highest BCUT2D eigenvalue weighted by Crippen LogP contribution is 2.33. The first-order valence-electron chi connectivity index (χ1n) is 7.36. The Balaban J connectivity index is 2.19. The van der Waals surface area contributed by atoms with Crippen molar-refractivity contribution >= 4 is 10.9 Å².